The predicted octanol–water partition coefficient (Wildman–Crippen LogP) is 6.69. The van der Waals surface area contributed by atoms with Gasteiger partial charge < -0.3 is 19.5 Å². The number of nitrogens with zero attached hydrogens (tertiary/aromatic N) is 1. The maximum absolute atomic E-state index is 12.8. The first kappa shape index (κ1) is 26.2. The minimum Gasteiger partial charge on any atom is -0.494 e. The van der Waals surface area contributed by atoms with E-state index in [4.69, 9.17) is 37.4 Å². The molecule has 0 saturated carbocycles. The van der Waals surface area contributed by atoms with E-state index in [1.807, 2.05) is 38.1 Å². The highest BCUT2D eigenvalue weighted by molar-refractivity contribution is 6.42. The van der Waals surface area contributed by atoms with Crippen LogP contribution in [-0.4, -0.2) is 19.1 Å². The van der Waals surface area contributed by atoms with Gasteiger partial charge in [-0.25, -0.2) is 0 Å². The molecule has 0 saturated heterocycles. The van der Waals surface area contributed by atoms with Crippen LogP contribution in [0.2, 0.25) is 10.0 Å². The van der Waals surface area contributed by atoms with E-state index < -0.39 is 5.92 Å². The topological polar surface area (TPSA) is 80.6 Å². The number of nitrogens with one attached hydrogen (secondary N) is 1. The first-order valence-corrected chi connectivity index (χ1v) is 11.9. The quantitative estimate of drug-likeness (QED) is 0.309. The van der Waals surface area contributed by atoms with Gasteiger partial charge in [-0.15, -0.1) is 0 Å². The fraction of sp³-hybridized carbons (Fsp3) is 0.259. The maximum Gasteiger partial charge on any atom is 0.242 e. The number of rotatable bonds is 11. The number of benzene rings is 3. The van der Waals surface area contributed by atoms with Gasteiger partial charge in [-0.1, -0.05) is 41.4 Å². The summed E-state index contributed by atoms with van der Waals surface area (Å²) in [5, 5.41) is 13.3. The molecule has 3 rings (SSSR count). The van der Waals surface area contributed by atoms with Gasteiger partial charge in [0.1, 0.15) is 29.8 Å². The van der Waals surface area contributed by atoms with Crippen LogP contribution >= 0.6 is 23.2 Å². The van der Waals surface area contributed by atoms with Crippen molar-refractivity contribution >= 4 is 34.8 Å². The Morgan fingerprint density at radius 1 is 0.943 bits per heavy atom. The van der Waals surface area contributed by atoms with Crippen LogP contribution in [0.5, 0.6) is 17.2 Å². The number of nitriles is 1. The molecule has 0 spiro atoms. The molecule has 35 heavy (non-hydrogen) atoms. The minimum atomic E-state index is -0.876. The lowest BCUT2D eigenvalue weighted by molar-refractivity contribution is -0.118. The van der Waals surface area contributed by atoms with Gasteiger partial charge in [-0.05, 0) is 56.2 Å². The second kappa shape index (κ2) is 12.9. The van der Waals surface area contributed by atoms with Gasteiger partial charge in [-0.2, -0.15) is 5.26 Å². The lowest BCUT2D eigenvalue weighted by atomic mass is 9.98. The molecular formula is C27H26Cl2N2O4. The van der Waals surface area contributed by atoms with Crippen molar-refractivity contribution in [2.24, 2.45) is 5.92 Å². The Hall–Kier alpha value is -3.40. The van der Waals surface area contributed by atoms with E-state index in [1.165, 1.54) is 0 Å². The van der Waals surface area contributed by atoms with Gasteiger partial charge >= 0.3 is 0 Å². The molecule has 8 heteroatoms. The van der Waals surface area contributed by atoms with Crippen LogP contribution < -0.4 is 19.5 Å². The fourth-order valence-corrected chi connectivity index (χ4v) is 3.64. The summed E-state index contributed by atoms with van der Waals surface area (Å²) >= 11 is 12.0. The van der Waals surface area contributed by atoms with Gasteiger partial charge in [0.2, 0.25) is 5.91 Å². The van der Waals surface area contributed by atoms with E-state index in [2.05, 4.69) is 11.4 Å². The number of anilines is 1. The average molecular weight is 513 g/mol. The molecule has 0 heterocycles. The molecule has 0 fully saturated rings. The van der Waals surface area contributed by atoms with Crippen LogP contribution in [0.3, 0.4) is 0 Å². The number of ether oxygens (including phenoxy) is 3. The molecule has 1 amide bonds. The van der Waals surface area contributed by atoms with Crippen molar-refractivity contribution in [2.75, 3.05) is 18.5 Å². The molecule has 0 aromatic heterocycles. The molecule has 0 aliphatic rings. The molecule has 0 radical (unpaired) electrons. The van der Waals surface area contributed by atoms with Gasteiger partial charge in [-0.3, -0.25) is 4.79 Å². The number of hydrogen-bond donors (Lipinski definition) is 1. The van der Waals surface area contributed by atoms with Crippen LogP contribution in [0.25, 0.3) is 0 Å². The number of halogens is 2. The number of amides is 1. The Morgan fingerprint density at radius 2 is 1.71 bits per heavy atom. The highest BCUT2D eigenvalue weighted by Gasteiger charge is 2.20. The van der Waals surface area contributed by atoms with Crippen molar-refractivity contribution < 1.29 is 19.0 Å². The lowest BCUT2D eigenvalue weighted by Crippen LogP contribution is -2.23. The van der Waals surface area contributed by atoms with Crippen LogP contribution in [-0.2, 0) is 17.8 Å². The molecule has 1 atom stereocenters. The maximum atomic E-state index is 12.8. The van der Waals surface area contributed by atoms with E-state index in [0.29, 0.717) is 46.2 Å². The zero-order chi connectivity index (χ0) is 25.2. The summed E-state index contributed by atoms with van der Waals surface area (Å²) in [6, 6.07) is 19.8. The number of carbonyl (C=O) groups is 1. The third-order valence-corrected chi connectivity index (χ3v) is 5.78. The van der Waals surface area contributed by atoms with E-state index in [0.717, 1.165) is 11.1 Å². The molecule has 0 bridgehead atoms. The van der Waals surface area contributed by atoms with Crippen LogP contribution in [0.15, 0.2) is 60.7 Å². The van der Waals surface area contributed by atoms with E-state index in [1.54, 1.807) is 36.4 Å². The van der Waals surface area contributed by atoms with Gasteiger partial charge in [0.15, 0.2) is 0 Å². The molecule has 6 nitrogen and oxygen atoms in total. The molecule has 3 aromatic carbocycles. The summed E-state index contributed by atoms with van der Waals surface area (Å²) < 4.78 is 17.1. The summed E-state index contributed by atoms with van der Waals surface area (Å²) in [5.41, 5.74) is 2.20. The molecule has 0 unspecified atom stereocenters. The summed E-state index contributed by atoms with van der Waals surface area (Å²) in [6.07, 6.45) is 0.238. The van der Waals surface area contributed by atoms with Crippen molar-refractivity contribution in [3.05, 3.63) is 81.8 Å². The molecule has 0 aliphatic heterocycles. The molecule has 3 aromatic rings. The highest BCUT2D eigenvalue weighted by Crippen LogP contribution is 2.29. The first-order valence-electron chi connectivity index (χ1n) is 11.2. The normalized spacial score (nSPS) is 11.3. The van der Waals surface area contributed by atoms with Crippen LogP contribution in [0.4, 0.5) is 5.69 Å². The fourth-order valence-electron chi connectivity index (χ4n) is 3.36. The largest absolute Gasteiger partial charge is 0.494 e. The molecular weight excluding hydrogens is 487 g/mol. The average Bonchev–Trinajstić information content (AvgIpc) is 2.84. The van der Waals surface area contributed by atoms with Crippen molar-refractivity contribution in [3.8, 4) is 23.3 Å². The monoisotopic (exact) mass is 512 g/mol. The van der Waals surface area contributed by atoms with Crippen molar-refractivity contribution in [2.45, 2.75) is 26.9 Å². The Balaban J connectivity index is 1.69. The lowest BCUT2D eigenvalue weighted by Gasteiger charge is -2.15. The van der Waals surface area contributed by atoms with Crippen molar-refractivity contribution in [3.63, 3.8) is 0 Å². The van der Waals surface area contributed by atoms with E-state index in [-0.39, 0.29) is 18.9 Å². The highest BCUT2D eigenvalue weighted by atomic mass is 35.5. The van der Waals surface area contributed by atoms with Crippen LogP contribution in [0, 0.1) is 17.2 Å². The third-order valence-electron chi connectivity index (χ3n) is 5.04. The SMILES string of the molecule is CCOc1cccc(NC(=O)[C@H](C#N)Cc2ccc(COc3ccc(Cl)c(Cl)c3)c(OCC)c2)c1. The van der Waals surface area contributed by atoms with E-state index in [9.17, 15) is 10.1 Å². The minimum absolute atomic E-state index is 0.238. The smallest absolute Gasteiger partial charge is 0.242 e. The summed E-state index contributed by atoms with van der Waals surface area (Å²) in [6.45, 7) is 5.01. The van der Waals surface area contributed by atoms with Crippen LogP contribution in [0.1, 0.15) is 25.0 Å². The summed E-state index contributed by atoms with van der Waals surface area (Å²) in [5.74, 6) is 0.607. The second-order valence-corrected chi connectivity index (χ2v) is 8.39. The zero-order valence-corrected chi connectivity index (χ0v) is 21.0. The Morgan fingerprint density at radius 3 is 2.43 bits per heavy atom. The zero-order valence-electron chi connectivity index (χ0n) is 19.5. The molecule has 1 N–H and O–H groups in total. The number of hydrogen-bond acceptors (Lipinski definition) is 5. The van der Waals surface area contributed by atoms with Gasteiger partial charge in [0.25, 0.3) is 0 Å². The predicted molar refractivity (Wildman–Crippen MR) is 137 cm³/mol. The van der Waals surface area contributed by atoms with E-state index >= 15 is 0 Å². The summed E-state index contributed by atoms with van der Waals surface area (Å²) in [7, 11) is 0. The molecule has 0 aliphatic carbocycles. The first-order chi connectivity index (χ1) is 16.9. The Labute approximate surface area is 215 Å². The van der Waals surface area contributed by atoms with Gasteiger partial charge in [0, 0.05) is 23.4 Å². The standard InChI is InChI=1S/C27H26Cl2N2O4/c1-3-33-22-7-5-6-21(14-22)31-27(32)20(16-30)12-18-8-9-19(26(13-18)34-4-2)17-35-23-10-11-24(28)25(29)15-23/h5-11,13-15,20H,3-4,12,17H2,1-2H3,(H,31,32)/t20-/m0/s1. The third kappa shape index (κ3) is 7.54. The Kier molecular flexibility index (Phi) is 9.66. The number of carbonyl (C=O) groups excluding carboxylic acids is 1. The summed E-state index contributed by atoms with van der Waals surface area (Å²) in [4.78, 5) is 12.8. The van der Waals surface area contributed by atoms with Crippen molar-refractivity contribution in [1.82, 2.24) is 0 Å². The Bertz CT molecular complexity index is 1210. The second-order valence-electron chi connectivity index (χ2n) is 7.58. The molecule has 182 valence electrons. The van der Waals surface area contributed by atoms with Gasteiger partial charge in [0.05, 0.1) is 29.3 Å². The van der Waals surface area contributed by atoms with Crippen molar-refractivity contribution in [1.29, 1.82) is 5.26 Å².